The number of rotatable bonds is 8. The highest BCUT2D eigenvalue weighted by molar-refractivity contribution is 7.92. The van der Waals surface area contributed by atoms with Gasteiger partial charge in [0.05, 0.1) is 35.9 Å². The van der Waals surface area contributed by atoms with Gasteiger partial charge in [0.1, 0.15) is 0 Å². The van der Waals surface area contributed by atoms with Crippen molar-refractivity contribution in [1.82, 2.24) is 4.90 Å². The predicted molar refractivity (Wildman–Crippen MR) is 122 cm³/mol. The first-order valence-corrected chi connectivity index (χ1v) is 11.6. The molecule has 0 atom stereocenters. The Morgan fingerprint density at radius 1 is 0.818 bits per heavy atom. The van der Waals surface area contributed by atoms with Gasteiger partial charge >= 0.3 is 0 Å². The fourth-order valence-corrected chi connectivity index (χ4v) is 4.68. The van der Waals surface area contributed by atoms with Crippen LogP contribution >= 0.6 is 0 Å². The highest BCUT2D eigenvalue weighted by Gasteiger charge is 2.34. The highest BCUT2D eigenvalue weighted by atomic mass is 32.2. The number of anilines is 1. The summed E-state index contributed by atoms with van der Waals surface area (Å²) in [6, 6.07) is 17.8. The Kier molecular flexibility index (Phi) is 6.06. The SMILES string of the molecule is COc1ccc(NS(=O)(=O)c2ccc(CCN3C(=O)c4ccccc4C3=O)cc2)cc1OC. The number of sulfonamides is 1. The van der Waals surface area contributed by atoms with E-state index in [-0.39, 0.29) is 23.3 Å². The van der Waals surface area contributed by atoms with Crippen molar-refractivity contribution >= 4 is 27.5 Å². The number of methoxy groups -OCH3 is 2. The lowest BCUT2D eigenvalue weighted by molar-refractivity contribution is 0.0656. The van der Waals surface area contributed by atoms with Gasteiger partial charge in [-0.05, 0) is 48.4 Å². The Balaban J connectivity index is 1.43. The van der Waals surface area contributed by atoms with Crippen molar-refractivity contribution in [3.8, 4) is 11.5 Å². The topological polar surface area (TPSA) is 102 Å². The normalized spacial score (nSPS) is 13.1. The van der Waals surface area contributed by atoms with E-state index in [0.717, 1.165) is 5.56 Å². The van der Waals surface area contributed by atoms with Crippen LogP contribution in [0.4, 0.5) is 5.69 Å². The van der Waals surface area contributed by atoms with E-state index in [1.165, 1.54) is 37.3 Å². The van der Waals surface area contributed by atoms with E-state index in [1.54, 1.807) is 48.5 Å². The maximum absolute atomic E-state index is 12.8. The maximum atomic E-state index is 12.8. The molecule has 0 spiro atoms. The molecule has 2 amide bonds. The van der Waals surface area contributed by atoms with E-state index in [4.69, 9.17) is 9.47 Å². The highest BCUT2D eigenvalue weighted by Crippen LogP contribution is 2.31. The average Bonchev–Trinajstić information content (AvgIpc) is 3.07. The zero-order valence-corrected chi connectivity index (χ0v) is 18.9. The van der Waals surface area contributed by atoms with Crippen molar-refractivity contribution in [2.75, 3.05) is 25.5 Å². The summed E-state index contributed by atoms with van der Waals surface area (Å²) in [5.41, 5.74) is 1.95. The Hall–Kier alpha value is -3.85. The molecule has 1 aliphatic heterocycles. The van der Waals surface area contributed by atoms with Crippen LogP contribution in [-0.4, -0.2) is 45.9 Å². The molecule has 1 heterocycles. The van der Waals surface area contributed by atoms with E-state index >= 15 is 0 Å². The Bertz CT molecular complexity index is 1280. The quantitative estimate of drug-likeness (QED) is 0.511. The van der Waals surface area contributed by atoms with Gasteiger partial charge in [-0.25, -0.2) is 8.42 Å². The number of hydrogen-bond donors (Lipinski definition) is 1. The number of imide groups is 1. The third kappa shape index (κ3) is 4.40. The van der Waals surface area contributed by atoms with Crippen LogP contribution in [0, 0.1) is 0 Å². The van der Waals surface area contributed by atoms with Crippen LogP contribution < -0.4 is 14.2 Å². The molecule has 0 aromatic heterocycles. The van der Waals surface area contributed by atoms with Crippen LogP contribution in [0.15, 0.2) is 71.6 Å². The first kappa shape index (κ1) is 22.3. The molecule has 0 unspecified atom stereocenters. The molecule has 0 aliphatic carbocycles. The lowest BCUT2D eigenvalue weighted by Gasteiger charge is -2.14. The number of carbonyl (C=O) groups excluding carboxylic acids is 2. The van der Waals surface area contributed by atoms with Crippen molar-refractivity contribution in [1.29, 1.82) is 0 Å². The summed E-state index contributed by atoms with van der Waals surface area (Å²) in [5, 5.41) is 0. The Morgan fingerprint density at radius 2 is 1.42 bits per heavy atom. The minimum absolute atomic E-state index is 0.0850. The van der Waals surface area contributed by atoms with E-state index in [1.807, 2.05) is 0 Å². The van der Waals surface area contributed by atoms with Crippen molar-refractivity contribution in [3.05, 3.63) is 83.4 Å². The van der Waals surface area contributed by atoms with Gasteiger partial charge in [-0.15, -0.1) is 0 Å². The molecule has 1 aliphatic rings. The zero-order chi connectivity index (χ0) is 23.6. The number of nitrogens with zero attached hydrogens (tertiary/aromatic N) is 1. The average molecular weight is 467 g/mol. The second-order valence-electron chi connectivity index (χ2n) is 7.38. The summed E-state index contributed by atoms with van der Waals surface area (Å²) >= 11 is 0. The number of amides is 2. The second-order valence-corrected chi connectivity index (χ2v) is 9.06. The smallest absolute Gasteiger partial charge is 0.261 e. The van der Waals surface area contributed by atoms with E-state index in [0.29, 0.717) is 34.7 Å². The molecule has 0 saturated carbocycles. The molecule has 4 rings (SSSR count). The fourth-order valence-electron chi connectivity index (χ4n) is 3.63. The fraction of sp³-hybridized carbons (Fsp3) is 0.167. The number of ether oxygens (including phenoxy) is 2. The molecule has 8 nitrogen and oxygen atoms in total. The van der Waals surface area contributed by atoms with Gasteiger partial charge in [-0.2, -0.15) is 0 Å². The van der Waals surface area contributed by atoms with Crippen molar-refractivity contribution < 1.29 is 27.5 Å². The lowest BCUT2D eigenvalue weighted by Crippen LogP contribution is -2.31. The predicted octanol–water partition coefficient (Wildman–Crippen LogP) is 3.34. The van der Waals surface area contributed by atoms with Crippen molar-refractivity contribution in [3.63, 3.8) is 0 Å². The van der Waals surface area contributed by atoms with E-state index < -0.39 is 10.0 Å². The van der Waals surface area contributed by atoms with Crippen LogP contribution in [0.3, 0.4) is 0 Å². The van der Waals surface area contributed by atoms with Gasteiger partial charge < -0.3 is 9.47 Å². The van der Waals surface area contributed by atoms with Crippen LogP contribution in [0.5, 0.6) is 11.5 Å². The first-order chi connectivity index (χ1) is 15.8. The van der Waals surface area contributed by atoms with Gasteiger partial charge in [0.25, 0.3) is 21.8 Å². The third-order valence-electron chi connectivity index (χ3n) is 5.37. The van der Waals surface area contributed by atoms with Crippen LogP contribution in [0.25, 0.3) is 0 Å². The second kappa shape index (κ2) is 8.95. The molecule has 0 saturated heterocycles. The Morgan fingerprint density at radius 3 is 2.00 bits per heavy atom. The van der Waals surface area contributed by atoms with Gasteiger partial charge in [0, 0.05) is 12.6 Å². The van der Waals surface area contributed by atoms with Crippen LogP contribution in [-0.2, 0) is 16.4 Å². The van der Waals surface area contributed by atoms with Crippen molar-refractivity contribution in [2.24, 2.45) is 0 Å². The lowest BCUT2D eigenvalue weighted by atomic mass is 10.1. The number of fused-ring (bicyclic) bond motifs is 1. The molecule has 9 heteroatoms. The molecule has 3 aromatic carbocycles. The summed E-state index contributed by atoms with van der Waals surface area (Å²) in [4.78, 5) is 26.2. The number of nitrogens with one attached hydrogen (secondary N) is 1. The summed E-state index contributed by atoms with van der Waals surface area (Å²) in [5.74, 6) is 0.270. The van der Waals surface area contributed by atoms with Gasteiger partial charge in [-0.3, -0.25) is 19.2 Å². The summed E-state index contributed by atoms with van der Waals surface area (Å²) in [6.45, 7) is 0.211. The molecule has 3 aromatic rings. The molecule has 0 bridgehead atoms. The monoisotopic (exact) mass is 466 g/mol. The van der Waals surface area contributed by atoms with E-state index in [9.17, 15) is 18.0 Å². The molecule has 1 N–H and O–H groups in total. The summed E-state index contributed by atoms with van der Waals surface area (Å²) < 4.78 is 38.4. The van der Waals surface area contributed by atoms with Gasteiger partial charge in [0.15, 0.2) is 11.5 Å². The summed E-state index contributed by atoms with van der Waals surface area (Å²) in [7, 11) is -0.857. The standard InChI is InChI=1S/C24H22N2O6S/c1-31-21-12-9-17(15-22(21)32-2)25-33(29,30)18-10-7-16(8-11-18)13-14-26-23(27)19-5-3-4-6-20(19)24(26)28/h3-12,15,25H,13-14H2,1-2H3. The molecular weight excluding hydrogens is 444 g/mol. The third-order valence-corrected chi connectivity index (χ3v) is 6.77. The Labute approximate surface area is 191 Å². The number of benzene rings is 3. The number of hydrogen-bond acceptors (Lipinski definition) is 6. The largest absolute Gasteiger partial charge is 0.493 e. The van der Waals surface area contributed by atoms with Gasteiger partial charge in [-0.1, -0.05) is 24.3 Å². The van der Waals surface area contributed by atoms with Crippen LogP contribution in [0.1, 0.15) is 26.3 Å². The molecule has 33 heavy (non-hydrogen) atoms. The zero-order valence-electron chi connectivity index (χ0n) is 18.1. The van der Waals surface area contributed by atoms with Crippen molar-refractivity contribution in [2.45, 2.75) is 11.3 Å². The minimum Gasteiger partial charge on any atom is -0.493 e. The molecule has 0 radical (unpaired) electrons. The molecular formula is C24H22N2O6S. The van der Waals surface area contributed by atoms with E-state index in [2.05, 4.69) is 4.72 Å². The first-order valence-electron chi connectivity index (χ1n) is 10.1. The van der Waals surface area contributed by atoms with Crippen LogP contribution in [0.2, 0.25) is 0 Å². The number of carbonyl (C=O) groups is 2. The summed E-state index contributed by atoms with van der Waals surface area (Å²) in [6.07, 6.45) is 0.412. The molecule has 170 valence electrons. The van der Waals surface area contributed by atoms with Gasteiger partial charge in [0.2, 0.25) is 0 Å². The minimum atomic E-state index is -3.82. The maximum Gasteiger partial charge on any atom is 0.261 e. The molecule has 0 fully saturated rings.